The molecule has 0 fully saturated rings. The van der Waals surface area contributed by atoms with E-state index in [1.54, 1.807) is 12.1 Å². The molecule has 1 atom stereocenters. The first-order valence-corrected chi connectivity index (χ1v) is 5.43. The third-order valence-corrected chi connectivity index (χ3v) is 2.83. The van der Waals surface area contributed by atoms with Crippen LogP contribution in [0.15, 0.2) is 18.2 Å². The molecule has 86 valence electrons. The van der Waals surface area contributed by atoms with Gasteiger partial charge in [-0.2, -0.15) is 0 Å². The molecule has 0 radical (unpaired) electrons. The molecule has 0 aliphatic carbocycles. The molecule has 0 saturated carbocycles. The van der Waals surface area contributed by atoms with E-state index in [4.69, 9.17) is 9.84 Å². The highest BCUT2D eigenvalue weighted by Gasteiger charge is 2.16. The number of benzene rings is 1. The number of fused-ring (bicyclic) bond motifs is 1. The molecule has 0 aromatic heterocycles. The van der Waals surface area contributed by atoms with Crippen molar-refractivity contribution in [2.24, 2.45) is 0 Å². The van der Waals surface area contributed by atoms with Crippen molar-refractivity contribution in [3.05, 3.63) is 29.3 Å². The van der Waals surface area contributed by atoms with Crippen LogP contribution >= 0.6 is 0 Å². The lowest BCUT2D eigenvalue weighted by molar-refractivity contribution is 0.0696. The minimum Gasteiger partial charge on any atom is -0.492 e. The number of carboxylic acid groups (broad SMARTS) is 1. The normalized spacial score (nSPS) is 19.4. The Morgan fingerprint density at radius 2 is 2.44 bits per heavy atom. The maximum atomic E-state index is 10.8. The lowest BCUT2D eigenvalue weighted by Crippen LogP contribution is -2.31. The molecule has 4 heteroatoms. The van der Waals surface area contributed by atoms with Crippen LogP contribution in [0.1, 0.15) is 29.3 Å². The number of aromatic carboxylic acids is 1. The average Bonchev–Trinajstić information content (AvgIpc) is 2.50. The fourth-order valence-electron chi connectivity index (χ4n) is 1.73. The molecule has 1 aromatic rings. The van der Waals surface area contributed by atoms with E-state index in [1.807, 2.05) is 6.07 Å². The van der Waals surface area contributed by atoms with Crippen molar-refractivity contribution in [2.45, 2.75) is 25.9 Å². The lowest BCUT2D eigenvalue weighted by atomic mass is 10.1. The van der Waals surface area contributed by atoms with Gasteiger partial charge in [0.05, 0.1) is 5.56 Å². The van der Waals surface area contributed by atoms with Gasteiger partial charge in [0.25, 0.3) is 0 Å². The van der Waals surface area contributed by atoms with Crippen molar-refractivity contribution in [1.82, 2.24) is 5.32 Å². The summed E-state index contributed by atoms with van der Waals surface area (Å²) in [5.74, 6) is -0.237. The minimum absolute atomic E-state index is 0.272. The van der Waals surface area contributed by atoms with Gasteiger partial charge in [-0.15, -0.1) is 0 Å². The molecule has 1 aliphatic rings. The Kier molecular flexibility index (Phi) is 3.10. The highest BCUT2D eigenvalue weighted by atomic mass is 16.5. The van der Waals surface area contributed by atoms with Gasteiger partial charge >= 0.3 is 5.97 Å². The van der Waals surface area contributed by atoms with Crippen molar-refractivity contribution in [2.75, 3.05) is 6.61 Å². The third-order valence-electron chi connectivity index (χ3n) is 2.83. The molecule has 0 spiro atoms. The van der Waals surface area contributed by atoms with Crippen molar-refractivity contribution in [1.29, 1.82) is 0 Å². The second-order valence-corrected chi connectivity index (χ2v) is 3.92. The van der Waals surface area contributed by atoms with Gasteiger partial charge in [-0.3, -0.25) is 0 Å². The zero-order valence-electron chi connectivity index (χ0n) is 9.19. The van der Waals surface area contributed by atoms with Crippen molar-refractivity contribution in [3.63, 3.8) is 0 Å². The van der Waals surface area contributed by atoms with Crippen LogP contribution < -0.4 is 10.1 Å². The highest BCUT2D eigenvalue weighted by molar-refractivity contribution is 5.88. The number of carbonyl (C=O) groups is 1. The van der Waals surface area contributed by atoms with Crippen LogP contribution in [0, 0.1) is 0 Å². The van der Waals surface area contributed by atoms with E-state index in [9.17, 15) is 4.79 Å². The summed E-state index contributed by atoms with van der Waals surface area (Å²) in [6.07, 6.45) is 1.000. The van der Waals surface area contributed by atoms with Gasteiger partial charge in [0.1, 0.15) is 12.4 Å². The van der Waals surface area contributed by atoms with Crippen LogP contribution in [-0.4, -0.2) is 23.7 Å². The maximum Gasteiger partial charge on any atom is 0.335 e. The van der Waals surface area contributed by atoms with Crippen LogP contribution in [0.25, 0.3) is 0 Å². The molecule has 0 amide bonds. The second-order valence-electron chi connectivity index (χ2n) is 3.92. The fraction of sp³-hybridized carbons (Fsp3) is 0.417. The van der Waals surface area contributed by atoms with Crippen molar-refractivity contribution >= 4 is 5.97 Å². The summed E-state index contributed by atoms with van der Waals surface area (Å²) in [6.45, 7) is 3.42. The Morgan fingerprint density at radius 1 is 1.62 bits per heavy atom. The van der Waals surface area contributed by atoms with E-state index >= 15 is 0 Å². The monoisotopic (exact) mass is 221 g/mol. The van der Waals surface area contributed by atoms with E-state index in [-0.39, 0.29) is 5.56 Å². The van der Waals surface area contributed by atoms with E-state index in [0.717, 1.165) is 18.5 Å². The number of hydrogen-bond acceptors (Lipinski definition) is 3. The zero-order chi connectivity index (χ0) is 11.5. The smallest absolute Gasteiger partial charge is 0.335 e. The Hall–Kier alpha value is -1.55. The van der Waals surface area contributed by atoms with Crippen LogP contribution in [0.5, 0.6) is 5.75 Å². The topological polar surface area (TPSA) is 58.6 Å². The number of ether oxygens (including phenoxy) is 1. The number of carboxylic acids is 1. The van der Waals surface area contributed by atoms with E-state index in [0.29, 0.717) is 18.4 Å². The summed E-state index contributed by atoms with van der Waals surface area (Å²) in [5.41, 5.74) is 1.29. The van der Waals surface area contributed by atoms with Crippen molar-refractivity contribution < 1.29 is 14.6 Å². The third kappa shape index (κ3) is 2.17. The largest absolute Gasteiger partial charge is 0.492 e. The fourth-order valence-corrected chi connectivity index (χ4v) is 1.73. The summed E-state index contributed by atoms with van der Waals surface area (Å²) in [5, 5.41) is 12.2. The van der Waals surface area contributed by atoms with Crippen LogP contribution in [0.3, 0.4) is 0 Å². The predicted molar refractivity (Wildman–Crippen MR) is 59.8 cm³/mol. The molecule has 1 aromatic carbocycles. The summed E-state index contributed by atoms with van der Waals surface area (Å²) in [7, 11) is 0. The molecular formula is C12H15NO3. The summed E-state index contributed by atoms with van der Waals surface area (Å²) in [4.78, 5) is 10.8. The van der Waals surface area contributed by atoms with Gasteiger partial charge in [-0.1, -0.05) is 13.0 Å². The molecule has 0 saturated heterocycles. The number of rotatable bonds is 2. The maximum absolute atomic E-state index is 10.8. The SMILES string of the molecule is CCC1COc2cc(C(=O)O)ccc2CN1. The average molecular weight is 221 g/mol. The zero-order valence-corrected chi connectivity index (χ0v) is 9.19. The van der Waals surface area contributed by atoms with Gasteiger partial charge in [0.2, 0.25) is 0 Å². The lowest BCUT2D eigenvalue weighted by Gasteiger charge is -2.11. The highest BCUT2D eigenvalue weighted by Crippen LogP contribution is 2.23. The first-order valence-electron chi connectivity index (χ1n) is 5.43. The van der Waals surface area contributed by atoms with Gasteiger partial charge in [0.15, 0.2) is 0 Å². The Bertz CT molecular complexity index is 403. The molecule has 2 N–H and O–H groups in total. The van der Waals surface area contributed by atoms with E-state index in [2.05, 4.69) is 12.2 Å². The van der Waals surface area contributed by atoms with Crippen LogP contribution in [0.2, 0.25) is 0 Å². The number of nitrogens with one attached hydrogen (secondary N) is 1. The molecule has 0 bridgehead atoms. The molecule has 16 heavy (non-hydrogen) atoms. The predicted octanol–water partition coefficient (Wildman–Crippen LogP) is 1.65. The minimum atomic E-state index is -0.921. The summed E-state index contributed by atoms with van der Waals surface area (Å²) in [6, 6.07) is 5.35. The Balaban J connectivity index is 2.25. The summed E-state index contributed by atoms with van der Waals surface area (Å²) >= 11 is 0. The number of hydrogen-bond donors (Lipinski definition) is 2. The van der Waals surface area contributed by atoms with E-state index in [1.165, 1.54) is 0 Å². The standard InChI is InChI=1S/C12H15NO3/c1-2-10-7-16-11-5-8(12(14)15)3-4-9(11)6-13-10/h3-5,10,13H,2,6-7H2,1H3,(H,14,15). The second kappa shape index (κ2) is 4.53. The molecular weight excluding hydrogens is 206 g/mol. The molecule has 2 rings (SSSR count). The Labute approximate surface area is 94.2 Å². The molecule has 1 heterocycles. The first-order chi connectivity index (χ1) is 7.70. The van der Waals surface area contributed by atoms with Crippen LogP contribution in [-0.2, 0) is 6.54 Å². The van der Waals surface area contributed by atoms with E-state index < -0.39 is 5.97 Å². The van der Waals surface area contributed by atoms with Gasteiger partial charge < -0.3 is 15.2 Å². The van der Waals surface area contributed by atoms with Crippen molar-refractivity contribution in [3.8, 4) is 5.75 Å². The molecule has 4 nitrogen and oxygen atoms in total. The quantitative estimate of drug-likeness (QED) is 0.797. The molecule has 1 aliphatic heterocycles. The Morgan fingerprint density at radius 3 is 3.12 bits per heavy atom. The van der Waals surface area contributed by atoms with Gasteiger partial charge in [-0.05, 0) is 18.6 Å². The summed E-state index contributed by atoms with van der Waals surface area (Å²) < 4.78 is 5.62. The molecule has 1 unspecified atom stereocenters. The van der Waals surface area contributed by atoms with Gasteiger partial charge in [0, 0.05) is 18.2 Å². The first kappa shape index (κ1) is 11.0. The van der Waals surface area contributed by atoms with Gasteiger partial charge in [-0.25, -0.2) is 4.79 Å². The van der Waals surface area contributed by atoms with Crippen LogP contribution in [0.4, 0.5) is 0 Å².